The molecule has 0 radical (unpaired) electrons. The number of hydrogen-bond donors (Lipinski definition) is 2. The maximum absolute atomic E-state index is 14.1. The molecular weight excluding hydrogens is 485 g/mol. The third-order valence-electron chi connectivity index (χ3n) is 6.65. The summed E-state index contributed by atoms with van der Waals surface area (Å²) < 4.78 is 21.3. The van der Waals surface area contributed by atoms with Crippen LogP contribution >= 0.6 is 11.6 Å². The van der Waals surface area contributed by atoms with Crippen LogP contribution in [0.1, 0.15) is 40.4 Å². The van der Waals surface area contributed by atoms with Gasteiger partial charge in [-0.15, -0.1) is 0 Å². The van der Waals surface area contributed by atoms with Gasteiger partial charge in [-0.1, -0.05) is 11.6 Å². The number of aromatic nitrogens is 3. The molecule has 2 atom stereocenters. The Hall–Kier alpha value is -3.82. The lowest BCUT2D eigenvalue weighted by molar-refractivity contribution is -0.123. The van der Waals surface area contributed by atoms with Crippen molar-refractivity contribution in [2.24, 2.45) is 5.92 Å². The number of halogens is 2. The van der Waals surface area contributed by atoms with Crippen molar-refractivity contribution in [2.75, 3.05) is 18.5 Å². The summed E-state index contributed by atoms with van der Waals surface area (Å²) in [4.78, 5) is 30.5. The van der Waals surface area contributed by atoms with Gasteiger partial charge in [0, 0.05) is 45.8 Å². The summed E-state index contributed by atoms with van der Waals surface area (Å²) in [5, 5.41) is 10.4. The number of ether oxygens (including phenoxy) is 1. The number of nitrogens with one attached hydrogen (secondary N) is 2. The van der Waals surface area contributed by atoms with Gasteiger partial charge in [-0.05, 0) is 60.9 Å². The average molecular weight is 506 g/mol. The van der Waals surface area contributed by atoms with Crippen molar-refractivity contribution in [3.63, 3.8) is 0 Å². The van der Waals surface area contributed by atoms with Crippen molar-refractivity contribution in [3.8, 4) is 11.1 Å². The molecule has 2 unspecified atom stereocenters. The summed E-state index contributed by atoms with van der Waals surface area (Å²) in [5.41, 5.74) is 3.98. The topological polar surface area (TPSA) is 97.6 Å². The first kappa shape index (κ1) is 22.6. The molecule has 182 valence electrons. The molecule has 4 aromatic rings. The molecule has 10 heteroatoms. The molecular formula is C26H21ClFN5O3. The van der Waals surface area contributed by atoms with Crippen LogP contribution in [0.3, 0.4) is 0 Å². The van der Waals surface area contributed by atoms with Gasteiger partial charge < -0.3 is 15.4 Å². The number of benzene rings is 2. The SMILES string of the molecule is O=C1NC(c2cc(F)ccc2Cl)c2c(NC(=O)C3CCCOC3)cc(-c3ccc4ncnn4c3)cc21. The lowest BCUT2D eigenvalue weighted by atomic mass is 9.92. The highest BCUT2D eigenvalue weighted by atomic mass is 35.5. The van der Waals surface area contributed by atoms with Gasteiger partial charge in [0.2, 0.25) is 5.91 Å². The minimum absolute atomic E-state index is 0.191. The number of rotatable bonds is 4. The monoisotopic (exact) mass is 505 g/mol. The van der Waals surface area contributed by atoms with Crippen molar-refractivity contribution in [1.82, 2.24) is 19.9 Å². The zero-order valence-corrected chi connectivity index (χ0v) is 19.8. The number of anilines is 1. The molecule has 2 aliphatic heterocycles. The van der Waals surface area contributed by atoms with Gasteiger partial charge in [0.1, 0.15) is 12.1 Å². The number of carbonyl (C=O) groups excluding carboxylic acids is 2. The molecule has 2 aliphatic rings. The molecule has 1 saturated heterocycles. The standard InChI is InChI=1S/C26H21ClFN5O3/c27-20-5-4-17(28)10-18(20)24-23-19(26(35)32-24)8-16(14-3-6-22-29-13-30-33(22)11-14)9-21(23)31-25(34)15-2-1-7-36-12-15/h3-6,8-11,13,15,24H,1-2,7,12H2,(H,31,34)(H,32,35). The maximum Gasteiger partial charge on any atom is 0.252 e. The Morgan fingerprint density at radius 1 is 1.19 bits per heavy atom. The molecule has 0 saturated carbocycles. The van der Waals surface area contributed by atoms with Gasteiger partial charge in [-0.25, -0.2) is 13.9 Å². The van der Waals surface area contributed by atoms with Crippen LogP contribution in [0.4, 0.5) is 10.1 Å². The quantitative estimate of drug-likeness (QED) is 0.429. The van der Waals surface area contributed by atoms with Crippen LogP contribution in [0.5, 0.6) is 0 Å². The summed E-state index contributed by atoms with van der Waals surface area (Å²) >= 11 is 6.40. The van der Waals surface area contributed by atoms with Crippen molar-refractivity contribution >= 4 is 34.7 Å². The molecule has 2 aromatic heterocycles. The lowest BCUT2D eigenvalue weighted by Gasteiger charge is -2.23. The fourth-order valence-electron chi connectivity index (χ4n) is 4.84. The van der Waals surface area contributed by atoms with E-state index in [1.165, 1.54) is 24.5 Å². The molecule has 2 amide bonds. The minimum Gasteiger partial charge on any atom is -0.381 e. The molecule has 0 bridgehead atoms. The second kappa shape index (κ2) is 9.00. The molecule has 1 fully saturated rings. The Kier molecular flexibility index (Phi) is 5.66. The highest BCUT2D eigenvalue weighted by Crippen LogP contribution is 2.42. The number of pyridine rings is 1. The van der Waals surface area contributed by atoms with Crippen molar-refractivity contribution in [3.05, 3.63) is 82.5 Å². The van der Waals surface area contributed by atoms with E-state index in [0.29, 0.717) is 58.2 Å². The van der Waals surface area contributed by atoms with Crippen molar-refractivity contribution < 1.29 is 18.7 Å². The number of amides is 2. The largest absolute Gasteiger partial charge is 0.381 e. The van der Waals surface area contributed by atoms with E-state index in [1.807, 2.05) is 18.2 Å². The second-order valence-electron chi connectivity index (χ2n) is 8.94. The number of fused-ring (bicyclic) bond motifs is 2. The van der Waals surface area contributed by atoms with E-state index in [9.17, 15) is 14.0 Å². The molecule has 0 spiro atoms. The van der Waals surface area contributed by atoms with Gasteiger partial charge >= 0.3 is 0 Å². The van der Waals surface area contributed by atoms with Crippen molar-refractivity contribution in [2.45, 2.75) is 18.9 Å². The van der Waals surface area contributed by atoms with Crippen LogP contribution in [0, 0.1) is 11.7 Å². The maximum atomic E-state index is 14.1. The molecule has 2 aromatic carbocycles. The molecule has 36 heavy (non-hydrogen) atoms. The summed E-state index contributed by atoms with van der Waals surface area (Å²) in [7, 11) is 0. The first-order chi connectivity index (χ1) is 17.5. The Labute approximate surface area is 210 Å². The molecule has 2 N–H and O–H groups in total. The van der Waals surface area contributed by atoms with E-state index in [2.05, 4.69) is 20.7 Å². The predicted molar refractivity (Wildman–Crippen MR) is 131 cm³/mol. The van der Waals surface area contributed by atoms with Crippen LogP contribution in [0.25, 0.3) is 16.8 Å². The van der Waals surface area contributed by atoms with E-state index in [0.717, 1.165) is 12.0 Å². The molecule has 8 nitrogen and oxygen atoms in total. The van der Waals surface area contributed by atoms with Crippen LogP contribution in [-0.2, 0) is 9.53 Å². The Bertz CT molecular complexity index is 1510. The first-order valence-electron chi connectivity index (χ1n) is 11.6. The first-order valence-corrected chi connectivity index (χ1v) is 12.0. The van der Waals surface area contributed by atoms with Gasteiger partial charge in [0.15, 0.2) is 5.65 Å². The number of nitrogens with zero attached hydrogens (tertiary/aromatic N) is 3. The predicted octanol–water partition coefficient (Wildman–Crippen LogP) is 4.39. The van der Waals surface area contributed by atoms with Crippen LogP contribution in [0.2, 0.25) is 5.02 Å². The summed E-state index contributed by atoms with van der Waals surface area (Å²) in [6.07, 6.45) is 4.78. The Morgan fingerprint density at radius 3 is 2.92 bits per heavy atom. The summed E-state index contributed by atoms with van der Waals surface area (Å²) in [6.45, 7) is 0.977. The lowest BCUT2D eigenvalue weighted by Crippen LogP contribution is -2.30. The van der Waals surface area contributed by atoms with E-state index in [1.54, 1.807) is 16.8 Å². The van der Waals surface area contributed by atoms with E-state index in [-0.39, 0.29) is 17.7 Å². The van der Waals surface area contributed by atoms with Gasteiger partial charge in [-0.2, -0.15) is 5.10 Å². The third kappa shape index (κ3) is 4.00. The van der Waals surface area contributed by atoms with Gasteiger partial charge in [-0.3, -0.25) is 9.59 Å². The highest BCUT2D eigenvalue weighted by Gasteiger charge is 2.35. The molecule has 0 aliphatic carbocycles. The minimum atomic E-state index is -0.722. The van der Waals surface area contributed by atoms with Gasteiger partial charge in [0.05, 0.1) is 18.6 Å². The summed E-state index contributed by atoms with van der Waals surface area (Å²) in [6, 6.07) is 10.6. The zero-order valence-electron chi connectivity index (χ0n) is 19.0. The fourth-order valence-corrected chi connectivity index (χ4v) is 5.07. The van der Waals surface area contributed by atoms with E-state index in [4.69, 9.17) is 16.3 Å². The highest BCUT2D eigenvalue weighted by molar-refractivity contribution is 6.31. The number of hydrogen-bond acceptors (Lipinski definition) is 5. The van der Waals surface area contributed by atoms with Gasteiger partial charge in [0.25, 0.3) is 5.91 Å². The molecule has 6 rings (SSSR count). The molecule has 4 heterocycles. The average Bonchev–Trinajstić information content (AvgIpc) is 3.50. The third-order valence-corrected chi connectivity index (χ3v) is 7.00. The number of carbonyl (C=O) groups is 2. The zero-order chi connectivity index (χ0) is 24.8. The van der Waals surface area contributed by atoms with Crippen LogP contribution in [0.15, 0.2) is 55.0 Å². The van der Waals surface area contributed by atoms with Crippen molar-refractivity contribution in [1.29, 1.82) is 0 Å². The second-order valence-corrected chi connectivity index (χ2v) is 9.35. The Balaban J connectivity index is 1.49. The normalized spacial score (nSPS) is 19.2. The van der Waals surface area contributed by atoms with Crippen LogP contribution in [-0.4, -0.2) is 39.6 Å². The van der Waals surface area contributed by atoms with E-state index < -0.39 is 11.9 Å². The van der Waals surface area contributed by atoms with Crippen LogP contribution < -0.4 is 10.6 Å². The fraction of sp³-hybridized carbons (Fsp3) is 0.231. The smallest absolute Gasteiger partial charge is 0.252 e. The summed E-state index contributed by atoms with van der Waals surface area (Å²) in [5.74, 6) is -1.30. The van der Waals surface area contributed by atoms with E-state index >= 15 is 0 Å². The Morgan fingerprint density at radius 2 is 2.08 bits per heavy atom.